The van der Waals surface area contributed by atoms with E-state index in [9.17, 15) is 9.18 Å². The summed E-state index contributed by atoms with van der Waals surface area (Å²) in [6.45, 7) is 2.02. The summed E-state index contributed by atoms with van der Waals surface area (Å²) in [4.78, 5) is 16.5. The Morgan fingerprint density at radius 1 is 1.00 bits per heavy atom. The topological polar surface area (TPSA) is 42.0 Å². The van der Waals surface area contributed by atoms with Gasteiger partial charge in [-0.1, -0.05) is 24.3 Å². The maximum absolute atomic E-state index is 12.9. The molecule has 0 aliphatic heterocycles. The van der Waals surface area contributed by atoms with E-state index < -0.39 is 0 Å². The molecule has 0 saturated carbocycles. The quantitative estimate of drug-likeness (QED) is 0.777. The number of amides is 1. The molecule has 3 aromatic rings. The Balaban J connectivity index is 1.78. The van der Waals surface area contributed by atoms with E-state index in [2.05, 4.69) is 10.3 Å². The fourth-order valence-electron chi connectivity index (χ4n) is 2.28. The highest BCUT2D eigenvalue weighted by Gasteiger charge is 2.08. The van der Waals surface area contributed by atoms with Crippen LogP contribution in [0.3, 0.4) is 0 Å². The lowest BCUT2D eigenvalue weighted by Crippen LogP contribution is -2.12. The van der Waals surface area contributed by atoms with Gasteiger partial charge >= 0.3 is 0 Å². The van der Waals surface area contributed by atoms with Crippen LogP contribution in [0.1, 0.15) is 15.9 Å². The lowest BCUT2D eigenvalue weighted by molar-refractivity contribution is 0.102. The van der Waals surface area contributed by atoms with E-state index in [1.54, 1.807) is 12.3 Å². The molecule has 4 heteroatoms. The van der Waals surface area contributed by atoms with Gasteiger partial charge in [0.15, 0.2) is 0 Å². The van der Waals surface area contributed by atoms with Gasteiger partial charge in [0.05, 0.1) is 11.3 Å². The number of hydrogen-bond donors (Lipinski definition) is 1. The second kappa shape index (κ2) is 6.40. The highest BCUT2D eigenvalue weighted by Crippen LogP contribution is 2.21. The van der Waals surface area contributed by atoms with E-state index in [-0.39, 0.29) is 11.7 Å². The minimum absolute atomic E-state index is 0.277. The van der Waals surface area contributed by atoms with Gasteiger partial charge in [-0.3, -0.25) is 9.78 Å². The number of carbonyl (C=O) groups excluding carboxylic acids is 1. The van der Waals surface area contributed by atoms with E-state index >= 15 is 0 Å². The Kier molecular flexibility index (Phi) is 4.15. The van der Waals surface area contributed by atoms with E-state index in [1.165, 1.54) is 24.3 Å². The minimum atomic E-state index is -0.341. The fraction of sp³-hybridized carbons (Fsp3) is 0.0526. The number of halogens is 1. The number of aromatic nitrogens is 1. The molecule has 0 bridgehead atoms. The molecule has 0 unspecified atom stereocenters. The molecular formula is C19H15FN2O. The molecule has 0 saturated heterocycles. The molecule has 114 valence electrons. The predicted octanol–water partition coefficient (Wildman–Crippen LogP) is 4.45. The van der Waals surface area contributed by atoms with Gasteiger partial charge in [-0.05, 0) is 48.9 Å². The molecule has 23 heavy (non-hydrogen) atoms. The van der Waals surface area contributed by atoms with Gasteiger partial charge in [-0.15, -0.1) is 0 Å². The van der Waals surface area contributed by atoms with Crippen molar-refractivity contribution in [2.45, 2.75) is 6.92 Å². The first-order valence-corrected chi connectivity index (χ1v) is 7.22. The van der Waals surface area contributed by atoms with Crippen molar-refractivity contribution < 1.29 is 9.18 Å². The second-order valence-electron chi connectivity index (χ2n) is 5.21. The van der Waals surface area contributed by atoms with Crippen molar-refractivity contribution in [2.24, 2.45) is 0 Å². The third-order valence-electron chi connectivity index (χ3n) is 3.55. The highest BCUT2D eigenvalue weighted by molar-refractivity contribution is 6.04. The van der Waals surface area contributed by atoms with Crippen LogP contribution in [0.25, 0.3) is 11.3 Å². The smallest absolute Gasteiger partial charge is 0.257 e. The highest BCUT2D eigenvalue weighted by atomic mass is 19.1. The molecule has 2 aromatic carbocycles. The van der Waals surface area contributed by atoms with Gasteiger partial charge in [0.25, 0.3) is 5.91 Å². The average Bonchev–Trinajstić information content (AvgIpc) is 2.57. The molecule has 0 aliphatic rings. The van der Waals surface area contributed by atoms with Crippen molar-refractivity contribution in [1.82, 2.24) is 4.98 Å². The Bertz CT molecular complexity index is 827. The summed E-state index contributed by atoms with van der Waals surface area (Å²) in [7, 11) is 0. The summed E-state index contributed by atoms with van der Waals surface area (Å²) in [6.07, 6.45) is 1.54. The number of anilines is 1. The summed E-state index contributed by atoms with van der Waals surface area (Å²) in [6, 6.07) is 17.1. The predicted molar refractivity (Wildman–Crippen MR) is 88.8 cm³/mol. The molecule has 0 radical (unpaired) electrons. The third-order valence-corrected chi connectivity index (χ3v) is 3.55. The second-order valence-corrected chi connectivity index (χ2v) is 5.21. The zero-order valence-electron chi connectivity index (χ0n) is 12.6. The number of benzene rings is 2. The Labute approximate surface area is 133 Å². The van der Waals surface area contributed by atoms with Crippen LogP contribution in [-0.2, 0) is 0 Å². The number of hydrogen-bond acceptors (Lipinski definition) is 2. The first-order chi connectivity index (χ1) is 11.1. The lowest BCUT2D eigenvalue weighted by atomic mass is 10.0. The maximum Gasteiger partial charge on any atom is 0.257 e. The van der Waals surface area contributed by atoms with E-state index in [0.29, 0.717) is 11.3 Å². The molecule has 0 atom stereocenters. The van der Waals surface area contributed by atoms with Gasteiger partial charge < -0.3 is 5.32 Å². The molecular weight excluding hydrogens is 291 g/mol. The van der Waals surface area contributed by atoms with Crippen molar-refractivity contribution in [3.8, 4) is 11.3 Å². The van der Waals surface area contributed by atoms with Crippen LogP contribution in [0.15, 0.2) is 66.9 Å². The van der Waals surface area contributed by atoms with Crippen LogP contribution in [0.5, 0.6) is 0 Å². The number of rotatable bonds is 3. The summed E-state index contributed by atoms with van der Waals surface area (Å²) in [5.74, 6) is -0.618. The maximum atomic E-state index is 12.9. The van der Waals surface area contributed by atoms with Gasteiger partial charge in [0, 0.05) is 17.4 Å². The Morgan fingerprint density at radius 2 is 1.74 bits per heavy atom. The van der Waals surface area contributed by atoms with Crippen molar-refractivity contribution in [3.05, 3.63) is 83.8 Å². The molecule has 3 rings (SSSR count). The molecule has 3 nitrogen and oxygen atoms in total. The normalized spacial score (nSPS) is 10.3. The molecule has 0 aliphatic carbocycles. The number of nitrogens with zero attached hydrogens (tertiary/aromatic N) is 1. The first kappa shape index (κ1) is 14.9. The van der Waals surface area contributed by atoms with Crippen molar-refractivity contribution in [1.29, 1.82) is 0 Å². The zero-order chi connectivity index (χ0) is 16.2. The Morgan fingerprint density at radius 3 is 2.39 bits per heavy atom. The number of nitrogens with one attached hydrogen (secondary N) is 1. The minimum Gasteiger partial charge on any atom is -0.322 e. The van der Waals surface area contributed by atoms with Crippen LogP contribution < -0.4 is 5.32 Å². The number of pyridine rings is 1. The standard InChI is InChI=1S/C19H15FN2O/c1-13-4-2-3-5-17(13)18-11-6-14(12-21-18)19(23)22-16-9-7-15(20)8-10-16/h2-12H,1H3,(H,22,23). The van der Waals surface area contributed by atoms with E-state index in [4.69, 9.17) is 0 Å². The average molecular weight is 306 g/mol. The van der Waals surface area contributed by atoms with Crippen LogP contribution in [0.2, 0.25) is 0 Å². The molecule has 1 amide bonds. The molecule has 1 aromatic heterocycles. The molecule has 1 N–H and O–H groups in total. The van der Waals surface area contributed by atoms with Gasteiger partial charge in [0.2, 0.25) is 0 Å². The summed E-state index contributed by atoms with van der Waals surface area (Å²) >= 11 is 0. The van der Waals surface area contributed by atoms with Crippen LogP contribution in [-0.4, -0.2) is 10.9 Å². The summed E-state index contributed by atoms with van der Waals surface area (Å²) < 4.78 is 12.9. The van der Waals surface area contributed by atoms with Crippen molar-refractivity contribution >= 4 is 11.6 Å². The third kappa shape index (κ3) is 3.43. The van der Waals surface area contributed by atoms with Crippen molar-refractivity contribution in [2.75, 3.05) is 5.32 Å². The van der Waals surface area contributed by atoms with Crippen LogP contribution in [0, 0.1) is 12.7 Å². The molecule has 0 spiro atoms. The summed E-state index contributed by atoms with van der Waals surface area (Å²) in [5, 5.41) is 2.71. The fourth-order valence-corrected chi connectivity index (χ4v) is 2.28. The van der Waals surface area contributed by atoms with Crippen LogP contribution >= 0.6 is 0 Å². The van der Waals surface area contributed by atoms with E-state index in [1.807, 2.05) is 37.3 Å². The Hall–Kier alpha value is -3.01. The zero-order valence-corrected chi connectivity index (χ0v) is 12.6. The van der Waals surface area contributed by atoms with E-state index in [0.717, 1.165) is 16.8 Å². The van der Waals surface area contributed by atoms with Gasteiger partial charge in [-0.25, -0.2) is 4.39 Å². The monoisotopic (exact) mass is 306 g/mol. The number of aryl methyl sites for hydroxylation is 1. The molecule has 0 fully saturated rings. The lowest BCUT2D eigenvalue weighted by Gasteiger charge is -2.07. The first-order valence-electron chi connectivity index (χ1n) is 7.22. The van der Waals surface area contributed by atoms with Gasteiger partial charge in [-0.2, -0.15) is 0 Å². The SMILES string of the molecule is Cc1ccccc1-c1ccc(C(=O)Nc2ccc(F)cc2)cn1. The summed E-state index contributed by atoms with van der Waals surface area (Å²) in [5.41, 5.74) is 3.98. The van der Waals surface area contributed by atoms with Crippen molar-refractivity contribution in [3.63, 3.8) is 0 Å². The van der Waals surface area contributed by atoms with Gasteiger partial charge in [0.1, 0.15) is 5.82 Å². The molecule has 1 heterocycles. The largest absolute Gasteiger partial charge is 0.322 e. The number of carbonyl (C=O) groups is 1. The van der Waals surface area contributed by atoms with Crippen LogP contribution in [0.4, 0.5) is 10.1 Å².